The van der Waals surface area contributed by atoms with Gasteiger partial charge in [-0.15, -0.1) is 0 Å². The lowest BCUT2D eigenvalue weighted by Gasteiger charge is -2.16. The minimum absolute atomic E-state index is 0.207. The molecule has 0 unspecified atom stereocenters. The lowest BCUT2D eigenvalue weighted by atomic mass is 9.96. The summed E-state index contributed by atoms with van der Waals surface area (Å²) < 4.78 is 10.4. The number of carbonyl (C=O) groups is 2. The van der Waals surface area contributed by atoms with Gasteiger partial charge in [-0.25, -0.2) is 4.79 Å². The number of amides is 1. The van der Waals surface area contributed by atoms with E-state index < -0.39 is 5.97 Å². The SMILES string of the molecule is CCOC(=O)c1cc(NC(=O)c2cc(C(C)C)c(OC)cc2C)ccc1Cl. The zero-order valence-electron chi connectivity index (χ0n) is 16.2. The van der Waals surface area contributed by atoms with Crippen molar-refractivity contribution in [2.24, 2.45) is 0 Å². The Balaban J connectivity index is 2.34. The van der Waals surface area contributed by atoms with E-state index in [1.807, 2.05) is 32.9 Å². The number of rotatable bonds is 6. The second-order valence-electron chi connectivity index (χ2n) is 6.43. The summed E-state index contributed by atoms with van der Waals surface area (Å²) >= 11 is 6.07. The number of hydrogen-bond donors (Lipinski definition) is 1. The summed E-state index contributed by atoms with van der Waals surface area (Å²) in [6.07, 6.45) is 0. The molecule has 6 heteroatoms. The van der Waals surface area contributed by atoms with Gasteiger partial charge in [0.1, 0.15) is 5.75 Å². The van der Waals surface area contributed by atoms with E-state index in [4.69, 9.17) is 21.1 Å². The van der Waals surface area contributed by atoms with Gasteiger partial charge in [-0.1, -0.05) is 25.4 Å². The molecule has 0 aliphatic rings. The Labute approximate surface area is 164 Å². The predicted octanol–water partition coefficient (Wildman–Crippen LogP) is 5.21. The van der Waals surface area contributed by atoms with Crippen LogP contribution in [0, 0.1) is 6.92 Å². The van der Waals surface area contributed by atoms with Crippen molar-refractivity contribution in [3.63, 3.8) is 0 Å². The van der Waals surface area contributed by atoms with Crippen LogP contribution in [0.15, 0.2) is 30.3 Å². The Morgan fingerprint density at radius 1 is 1.15 bits per heavy atom. The molecule has 1 amide bonds. The molecule has 2 aromatic carbocycles. The summed E-state index contributed by atoms with van der Waals surface area (Å²) in [6, 6.07) is 8.42. The molecule has 0 aliphatic carbocycles. The molecule has 0 bridgehead atoms. The van der Waals surface area contributed by atoms with Crippen molar-refractivity contribution < 1.29 is 19.1 Å². The largest absolute Gasteiger partial charge is 0.496 e. The number of esters is 1. The van der Waals surface area contributed by atoms with E-state index in [0.29, 0.717) is 11.3 Å². The zero-order chi connectivity index (χ0) is 20.1. The molecular formula is C21H24ClNO4. The van der Waals surface area contributed by atoms with Gasteiger partial charge in [0.2, 0.25) is 0 Å². The van der Waals surface area contributed by atoms with Crippen LogP contribution in [0.5, 0.6) is 5.75 Å². The highest BCUT2D eigenvalue weighted by atomic mass is 35.5. The van der Waals surface area contributed by atoms with Crippen LogP contribution in [0.3, 0.4) is 0 Å². The van der Waals surface area contributed by atoms with Crippen LogP contribution in [0.2, 0.25) is 5.02 Å². The van der Waals surface area contributed by atoms with Crippen molar-refractivity contribution >= 4 is 29.2 Å². The van der Waals surface area contributed by atoms with E-state index in [2.05, 4.69) is 5.32 Å². The highest BCUT2D eigenvalue weighted by molar-refractivity contribution is 6.33. The number of halogens is 1. The summed E-state index contributed by atoms with van der Waals surface area (Å²) in [4.78, 5) is 24.8. The van der Waals surface area contributed by atoms with Gasteiger partial charge in [0.25, 0.3) is 5.91 Å². The first kappa shape index (κ1) is 20.8. The normalized spacial score (nSPS) is 10.6. The molecule has 0 aliphatic heterocycles. The predicted molar refractivity (Wildman–Crippen MR) is 107 cm³/mol. The minimum atomic E-state index is -0.527. The van der Waals surface area contributed by atoms with Crippen molar-refractivity contribution in [1.82, 2.24) is 0 Å². The van der Waals surface area contributed by atoms with Crippen LogP contribution in [0.1, 0.15) is 58.5 Å². The Bertz CT molecular complexity index is 862. The molecule has 27 heavy (non-hydrogen) atoms. The summed E-state index contributed by atoms with van der Waals surface area (Å²) in [5.41, 5.74) is 2.98. The van der Waals surface area contributed by atoms with Gasteiger partial charge in [-0.2, -0.15) is 0 Å². The molecule has 1 N–H and O–H groups in total. The van der Waals surface area contributed by atoms with E-state index >= 15 is 0 Å². The third kappa shape index (κ3) is 4.80. The molecule has 5 nitrogen and oxygen atoms in total. The zero-order valence-corrected chi connectivity index (χ0v) is 16.9. The van der Waals surface area contributed by atoms with Gasteiger partial charge in [-0.3, -0.25) is 4.79 Å². The van der Waals surface area contributed by atoms with Crippen LogP contribution in [-0.4, -0.2) is 25.6 Å². The molecule has 0 aromatic heterocycles. The second kappa shape index (κ2) is 8.91. The number of aryl methyl sites for hydroxylation is 1. The standard InChI is InChI=1S/C21H24ClNO4/c1-6-27-21(25)17-10-14(7-8-18(17)22)23-20(24)16-11-15(12(2)3)19(26-5)9-13(16)4/h7-12H,6H2,1-5H3,(H,23,24). The molecule has 2 aromatic rings. The lowest BCUT2D eigenvalue weighted by molar-refractivity contribution is 0.0526. The lowest BCUT2D eigenvalue weighted by Crippen LogP contribution is -2.15. The van der Waals surface area contributed by atoms with Gasteiger partial charge in [0.05, 0.1) is 24.3 Å². The Kier molecular flexibility index (Phi) is 6.86. The van der Waals surface area contributed by atoms with Crippen molar-refractivity contribution in [3.8, 4) is 5.75 Å². The number of methoxy groups -OCH3 is 1. The van der Waals surface area contributed by atoms with Gasteiger partial charge in [0.15, 0.2) is 0 Å². The Hall–Kier alpha value is -2.53. The third-order valence-electron chi connectivity index (χ3n) is 4.16. The van der Waals surface area contributed by atoms with Gasteiger partial charge in [0, 0.05) is 11.3 Å². The maximum Gasteiger partial charge on any atom is 0.339 e. The highest BCUT2D eigenvalue weighted by Gasteiger charge is 2.17. The molecule has 0 spiro atoms. The first-order chi connectivity index (χ1) is 12.8. The molecule has 0 fully saturated rings. The second-order valence-corrected chi connectivity index (χ2v) is 6.84. The first-order valence-electron chi connectivity index (χ1n) is 8.75. The van der Waals surface area contributed by atoms with Crippen molar-refractivity contribution in [2.75, 3.05) is 19.0 Å². The molecule has 144 valence electrons. The molecule has 0 saturated carbocycles. The fourth-order valence-electron chi connectivity index (χ4n) is 2.74. The summed E-state index contributed by atoms with van der Waals surface area (Å²) in [7, 11) is 1.62. The van der Waals surface area contributed by atoms with Crippen molar-refractivity contribution in [3.05, 3.63) is 57.6 Å². The molecule has 0 heterocycles. The van der Waals surface area contributed by atoms with Crippen LogP contribution in [0.25, 0.3) is 0 Å². The summed E-state index contributed by atoms with van der Waals surface area (Å²) in [5, 5.41) is 3.09. The average molecular weight is 390 g/mol. The number of benzene rings is 2. The number of carbonyl (C=O) groups excluding carboxylic acids is 2. The molecule has 0 radical (unpaired) electrons. The number of hydrogen-bond acceptors (Lipinski definition) is 4. The molecule has 2 rings (SSSR count). The Morgan fingerprint density at radius 2 is 1.85 bits per heavy atom. The molecule has 0 saturated heterocycles. The number of ether oxygens (including phenoxy) is 2. The topological polar surface area (TPSA) is 64.6 Å². The van der Waals surface area contributed by atoms with E-state index in [1.165, 1.54) is 6.07 Å². The van der Waals surface area contributed by atoms with Crippen LogP contribution in [-0.2, 0) is 4.74 Å². The summed E-state index contributed by atoms with van der Waals surface area (Å²) in [6.45, 7) is 7.90. The monoisotopic (exact) mass is 389 g/mol. The maximum atomic E-state index is 12.8. The smallest absolute Gasteiger partial charge is 0.339 e. The third-order valence-corrected chi connectivity index (χ3v) is 4.49. The number of nitrogens with one attached hydrogen (secondary N) is 1. The maximum absolute atomic E-state index is 12.8. The van der Waals surface area contributed by atoms with Gasteiger partial charge >= 0.3 is 5.97 Å². The van der Waals surface area contributed by atoms with Crippen molar-refractivity contribution in [1.29, 1.82) is 0 Å². The van der Waals surface area contributed by atoms with Gasteiger partial charge < -0.3 is 14.8 Å². The Morgan fingerprint density at radius 3 is 2.44 bits per heavy atom. The van der Waals surface area contributed by atoms with Crippen molar-refractivity contribution in [2.45, 2.75) is 33.6 Å². The first-order valence-corrected chi connectivity index (χ1v) is 9.12. The quantitative estimate of drug-likeness (QED) is 0.689. The van der Waals surface area contributed by atoms with E-state index in [0.717, 1.165) is 16.9 Å². The fourth-order valence-corrected chi connectivity index (χ4v) is 2.93. The van der Waals surface area contributed by atoms with Crippen LogP contribution >= 0.6 is 11.6 Å². The average Bonchev–Trinajstić information content (AvgIpc) is 2.62. The molecule has 0 atom stereocenters. The number of anilines is 1. The minimum Gasteiger partial charge on any atom is -0.496 e. The van der Waals surface area contributed by atoms with E-state index in [-0.39, 0.29) is 29.0 Å². The van der Waals surface area contributed by atoms with Crippen LogP contribution in [0.4, 0.5) is 5.69 Å². The fraction of sp³-hybridized carbons (Fsp3) is 0.333. The van der Waals surface area contributed by atoms with E-state index in [9.17, 15) is 9.59 Å². The van der Waals surface area contributed by atoms with Crippen LogP contribution < -0.4 is 10.1 Å². The van der Waals surface area contributed by atoms with E-state index in [1.54, 1.807) is 26.2 Å². The summed E-state index contributed by atoms with van der Waals surface area (Å²) in [5.74, 6) is 0.170. The molecular weight excluding hydrogens is 366 g/mol. The highest BCUT2D eigenvalue weighted by Crippen LogP contribution is 2.30. The van der Waals surface area contributed by atoms with Gasteiger partial charge in [-0.05, 0) is 61.2 Å².